The third kappa shape index (κ3) is 2.36. The second kappa shape index (κ2) is 4.45. The SMILES string of the molecule is CC(=O)N1CCN[C@@H](c2ccccc2)C1. The number of benzene rings is 1. The molecule has 0 unspecified atom stereocenters. The molecule has 1 saturated heterocycles. The Hall–Kier alpha value is -1.35. The zero-order valence-corrected chi connectivity index (χ0v) is 8.94. The molecule has 0 aliphatic carbocycles. The van der Waals surface area contributed by atoms with Crippen LogP contribution in [0.25, 0.3) is 0 Å². The lowest BCUT2D eigenvalue weighted by molar-refractivity contribution is -0.130. The lowest BCUT2D eigenvalue weighted by atomic mass is 10.0. The lowest BCUT2D eigenvalue weighted by Gasteiger charge is -2.33. The number of nitrogens with one attached hydrogen (secondary N) is 1. The topological polar surface area (TPSA) is 32.3 Å². The van der Waals surface area contributed by atoms with Crippen molar-refractivity contribution < 1.29 is 4.79 Å². The molecule has 0 aromatic heterocycles. The second-order valence-corrected chi connectivity index (χ2v) is 3.88. The van der Waals surface area contributed by atoms with Crippen LogP contribution in [0, 0.1) is 0 Å². The van der Waals surface area contributed by atoms with Crippen molar-refractivity contribution in [1.82, 2.24) is 10.2 Å². The van der Waals surface area contributed by atoms with E-state index in [2.05, 4.69) is 17.4 Å². The first kappa shape index (κ1) is 10.2. The molecule has 0 bridgehead atoms. The molecule has 0 spiro atoms. The first-order chi connectivity index (χ1) is 7.27. The number of carbonyl (C=O) groups excluding carboxylic acids is 1. The van der Waals surface area contributed by atoms with Crippen LogP contribution in [0.5, 0.6) is 0 Å². The predicted molar refractivity (Wildman–Crippen MR) is 59.4 cm³/mol. The molecular formula is C12H16N2O. The van der Waals surface area contributed by atoms with E-state index in [0.29, 0.717) is 0 Å². The van der Waals surface area contributed by atoms with E-state index in [-0.39, 0.29) is 11.9 Å². The third-order valence-corrected chi connectivity index (χ3v) is 2.82. The van der Waals surface area contributed by atoms with E-state index in [4.69, 9.17) is 0 Å². The van der Waals surface area contributed by atoms with Crippen LogP contribution in [-0.2, 0) is 4.79 Å². The minimum Gasteiger partial charge on any atom is -0.340 e. The number of amides is 1. The van der Waals surface area contributed by atoms with Crippen LogP contribution in [0.4, 0.5) is 0 Å². The Morgan fingerprint density at radius 2 is 2.13 bits per heavy atom. The fraction of sp³-hybridized carbons (Fsp3) is 0.417. The minimum atomic E-state index is 0.164. The molecule has 1 aliphatic heterocycles. The highest BCUT2D eigenvalue weighted by Gasteiger charge is 2.21. The molecule has 1 atom stereocenters. The van der Waals surface area contributed by atoms with Crippen molar-refractivity contribution in [2.24, 2.45) is 0 Å². The van der Waals surface area contributed by atoms with Gasteiger partial charge >= 0.3 is 0 Å². The summed E-state index contributed by atoms with van der Waals surface area (Å²) >= 11 is 0. The van der Waals surface area contributed by atoms with Gasteiger partial charge in [0.05, 0.1) is 0 Å². The summed E-state index contributed by atoms with van der Waals surface area (Å²) in [6, 6.07) is 10.6. The van der Waals surface area contributed by atoms with Crippen LogP contribution in [0.2, 0.25) is 0 Å². The standard InChI is InChI=1S/C12H16N2O/c1-10(15)14-8-7-13-12(9-14)11-5-3-2-4-6-11/h2-6,12-13H,7-9H2,1H3/t12-/m1/s1. The van der Waals surface area contributed by atoms with Crippen molar-refractivity contribution in [3.8, 4) is 0 Å². The number of hydrogen-bond acceptors (Lipinski definition) is 2. The van der Waals surface area contributed by atoms with Crippen molar-refractivity contribution in [3.05, 3.63) is 35.9 Å². The van der Waals surface area contributed by atoms with Crippen molar-refractivity contribution >= 4 is 5.91 Å². The molecule has 1 aliphatic rings. The van der Waals surface area contributed by atoms with Crippen LogP contribution in [0.15, 0.2) is 30.3 Å². The molecule has 3 heteroatoms. The molecule has 0 radical (unpaired) electrons. The van der Waals surface area contributed by atoms with Crippen LogP contribution >= 0.6 is 0 Å². The molecule has 2 rings (SSSR count). The Balaban J connectivity index is 2.08. The Morgan fingerprint density at radius 3 is 2.80 bits per heavy atom. The summed E-state index contributed by atoms with van der Waals surface area (Å²) in [7, 11) is 0. The zero-order chi connectivity index (χ0) is 10.7. The zero-order valence-electron chi connectivity index (χ0n) is 8.94. The third-order valence-electron chi connectivity index (χ3n) is 2.82. The molecule has 1 aromatic carbocycles. The summed E-state index contributed by atoms with van der Waals surface area (Å²) in [6.07, 6.45) is 0. The van der Waals surface area contributed by atoms with Crippen LogP contribution in [0.3, 0.4) is 0 Å². The van der Waals surface area contributed by atoms with Gasteiger partial charge in [0, 0.05) is 32.6 Å². The van der Waals surface area contributed by atoms with E-state index in [1.807, 2.05) is 23.1 Å². The quantitative estimate of drug-likeness (QED) is 0.745. The van der Waals surface area contributed by atoms with Gasteiger partial charge in [0.2, 0.25) is 5.91 Å². The normalized spacial score (nSPS) is 21.4. The summed E-state index contributed by atoms with van der Waals surface area (Å²) in [5.41, 5.74) is 1.25. The average molecular weight is 204 g/mol. The van der Waals surface area contributed by atoms with Gasteiger partial charge in [-0.3, -0.25) is 4.79 Å². The molecule has 1 amide bonds. The van der Waals surface area contributed by atoms with Gasteiger partial charge in [0.25, 0.3) is 0 Å². The highest BCUT2D eigenvalue weighted by Crippen LogP contribution is 2.16. The molecule has 1 heterocycles. The van der Waals surface area contributed by atoms with Gasteiger partial charge in [-0.2, -0.15) is 0 Å². The Labute approximate surface area is 90.1 Å². The van der Waals surface area contributed by atoms with Gasteiger partial charge in [-0.1, -0.05) is 30.3 Å². The molecule has 1 N–H and O–H groups in total. The van der Waals surface area contributed by atoms with Gasteiger partial charge < -0.3 is 10.2 Å². The minimum absolute atomic E-state index is 0.164. The second-order valence-electron chi connectivity index (χ2n) is 3.88. The molecular weight excluding hydrogens is 188 g/mol. The highest BCUT2D eigenvalue weighted by molar-refractivity contribution is 5.73. The largest absolute Gasteiger partial charge is 0.340 e. The summed E-state index contributed by atoms with van der Waals surface area (Å²) < 4.78 is 0. The smallest absolute Gasteiger partial charge is 0.219 e. The highest BCUT2D eigenvalue weighted by atomic mass is 16.2. The number of nitrogens with zero attached hydrogens (tertiary/aromatic N) is 1. The van der Waals surface area contributed by atoms with Crippen molar-refractivity contribution in [2.45, 2.75) is 13.0 Å². The first-order valence-corrected chi connectivity index (χ1v) is 5.31. The van der Waals surface area contributed by atoms with Crippen LogP contribution in [0.1, 0.15) is 18.5 Å². The summed E-state index contributed by atoms with van der Waals surface area (Å²) in [5.74, 6) is 0.164. The molecule has 1 fully saturated rings. The van der Waals surface area contributed by atoms with Crippen molar-refractivity contribution in [3.63, 3.8) is 0 Å². The first-order valence-electron chi connectivity index (χ1n) is 5.31. The van der Waals surface area contributed by atoms with E-state index in [1.54, 1.807) is 6.92 Å². The fourth-order valence-electron chi connectivity index (χ4n) is 1.94. The molecule has 3 nitrogen and oxygen atoms in total. The van der Waals surface area contributed by atoms with E-state index in [0.717, 1.165) is 19.6 Å². The summed E-state index contributed by atoms with van der Waals surface area (Å²) in [4.78, 5) is 13.2. The Bertz CT molecular complexity index is 337. The van der Waals surface area contributed by atoms with Gasteiger partial charge in [-0.05, 0) is 5.56 Å². The maximum Gasteiger partial charge on any atom is 0.219 e. The van der Waals surface area contributed by atoms with Gasteiger partial charge in [-0.25, -0.2) is 0 Å². The molecule has 1 aromatic rings. The average Bonchev–Trinajstić information content (AvgIpc) is 2.30. The van der Waals surface area contributed by atoms with Crippen molar-refractivity contribution in [1.29, 1.82) is 0 Å². The van der Waals surface area contributed by atoms with E-state index in [9.17, 15) is 4.79 Å². The van der Waals surface area contributed by atoms with Crippen LogP contribution < -0.4 is 5.32 Å². The maximum atomic E-state index is 11.3. The van der Waals surface area contributed by atoms with Gasteiger partial charge in [0.15, 0.2) is 0 Å². The Morgan fingerprint density at radius 1 is 1.40 bits per heavy atom. The van der Waals surface area contributed by atoms with Crippen molar-refractivity contribution in [2.75, 3.05) is 19.6 Å². The van der Waals surface area contributed by atoms with E-state index < -0.39 is 0 Å². The summed E-state index contributed by atoms with van der Waals surface area (Å²) in [5, 5.41) is 3.43. The number of hydrogen-bond donors (Lipinski definition) is 1. The fourth-order valence-corrected chi connectivity index (χ4v) is 1.94. The van der Waals surface area contributed by atoms with E-state index in [1.165, 1.54) is 5.56 Å². The maximum absolute atomic E-state index is 11.3. The van der Waals surface area contributed by atoms with Crippen LogP contribution in [-0.4, -0.2) is 30.4 Å². The van der Waals surface area contributed by atoms with Gasteiger partial charge in [0.1, 0.15) is 0 Å². The lowest BCUT2D eigenvalue weighted by Crippen LogP contribution is -2.47. The molecule has 15 heavy (non-hydrogen) atoms. The monoisotopic (exact) mass is 204 g/mol. The Kier molecular flexibility index (Phi) is 3.02. The molecule has 80 valence electrons. The number of rotatable bonds is 1. The van der Waals surface area contributed by atoms with Gasteiger partial charge in [-0.15, -0.1) is 0 Å². The predicted octanol–water partition coefficient (Wildman–Crippen LogP) is 1.18. The number of carbonyl (C=O) groups is 1. The summed E-state index contributed by atoms with van der Waals surface area (Å²) in [6.45, 7) is 4.10. The van der Waals surface area contributed by atoms with E-state index >= 15 is 0 Å². The molecule has 0 saturated carbocycles. The number of piperazine rings is 1.